The number of rotatable bonds is 16. The van der Waals surface area contributed by atoms with Crippen LogP contribution in [0.4, 0.5) is 0 Å². The molecule has 0 aliphatic heterocycles. The summed E-state index contributed by atoms with van der Waals surface area (Å²) in [5.41, 5.74) is 0. The fourth-order valence-corrected chi connectivity index (χ4v) is 3.08. The molecule has 0 atom stereocenters. The van der Waals surface area contributed by atoms with Gasteiger partial charge in [0.05, 0.1) is 0 Å². The Labute approximate surface area is 223 Å². The van der Waals surface area contributed by atoms with E-state index in [9.17, 15) is 0 Å². The molecule has 0 heteroatoms. The molecule has 0 bridgehead atoms. The maximum atomic E-state index is 2.38. The number of hydrogen-bond acceptors (Lipinski definition) is 0. The molecular weight excluding hydrogens is 408 g/mol. The van der Waals surface area contributed by atoms with Crippen molar-refractivity contribution in [2.45, 2.75) is 200 Å². The smallest absolute Gasteiger partial charge is 0.0443 e. The van der Waals surface area contributed by atoms with Gasteiger partial charge in [0.15, 0.2) is 0 Å². The van der Waals surface area contributed by atoms with E-state index in [1.54, 1.807) is 0 Å². The highest BCUT2D eigenvalue weighted by molar-refractivity contribution is 4.53. The van der Waals surface area contributed by atoms with Crippen LogP contribution in [0.1, 0.15) is 200 Å². The van der Waals surface area contributed by atoms with E-state index in [-0.39, 0.29) is 0 Å². The molecule has 214 valence electrons. The Morgan fingerprint density at radius 2 is 0.500 bits per heavy atom. The second kappa shape index (κ2) is 43.1. The van der Waals surface area contributed by atoms with Crippen molar-refractivity contribution >= 4 is 0 Å². The largest absolute Gasteiger partial charge is 0.0683 e. The van der Waals surface area contributed by atoms with E-state index in [0.29, 0.717) is 0 Å². The lowest BCUT2D eigenvalue weighted by atomic mass is 9.98. The zero-order chi connectivity index (χ0) is 27.6. The van der Waals surface area contributed by atoms with Gasteiger partial charge in [-0.05, 0) is 23.7 Å². The van der Waals surface area contributed by atoms with Gasteiger partial charge in [0.2, 0.25) is 0 Å². The Hall–Kier alpha value is 0. The average Bonchev–Trinajstić information content (AvgIpc) is 2.89. The second-order valence-electron chi connectivity index (χ2n) is 10.6. The summed E-state index contributed by atoms with van der Waals surface area (Å²) in [4.78, 5) is 0. The van der Waals surface area contributed by atoms with Crippen molar-refractivity contribution in [3.05, 3.63) is 0 Å². The summed E-state index contributed by atoms with van der Waals surface area (Å²) in [6, 6.07) is 0. The van der Waals surface area contributed by atoms with Crippen molar-refractivity contribution in [2.24, 2.45) is 23.7 Å². The molecule has 34 heavy (non-hydrogen) atoms. The minimum absolute atomic E-state index is 0.935. The Bertz CT molecular complexity index is 217. The van der Waals surface area contributed by atoms with Gasteiger partial charge in [0, 0.05) is 0 Å². The first-order valence-corrected chi connectivity index (χ1v) is 16.2. The summed E-state index contributed by atoms with van der Waals surface area (Å²) in [5, 5.41) is 0. The van der Waals surface area contributed by atoms with Gasteiger partial charge in [-0.3, -0.25) is 0 Å². The van der Waals surface area contributed by atoms with E-state index < -0.39 is 0 Å². The molecule has 0 fully saturated rings. The molecule has 0 heterocycles. The molecule has 0 aliphatic carbocycles. The summed E-state index contributed by atoms with van der Waals surface area (Å²) in [7, 11) is 0. The van der Waals surface area contributed by atoms with Crippen molar-refractivity contribution in [3.8, 4) is 0 Å². The molecule has 0 N–H and O–H groups in total. The summed E-state index contributed by atoms with van der Waals surface area (Å²) in [6.45, 7) is 31.3. The third-order valence-corrected chi connectivity index (χ3v) is 6.99. The fourth-order valence-electron chi connectivity index (χ4n) is 3.08. The highest BCUT2D eigenvalue weighted by Crippen LogP contribution is 2.15. The van der Waals surface area contributed by atoms with Crippen molar-refractivity contribution in [3.63, 3.8) is 0 Å². The Morgan fingerprint density at radius 3 is 0.588 bits per heavy atom. The third-order valence-electron chi connectivity index (χ3n) is 6.99. The summed E-state index contributed by atoms with van der Waals surface area (Å²) >= 11 is 0. The fraction of sp³-hybridized carbons (Fsp3) is 1.00. The van der Waals surface area contributed by atoms with E-state index in [1.807, 2.05) is 13.8 Å². The van der Waals surface area contributed by atoms with Crippen LogP contribution in [0, 0.1) is 23.7 Å². The Kier molecular flexibility index (Phi) is 55.8. The normalized spacial score (nSPS) is 10.1. The monoisotopic (exact) mass is 487 g/mol. The van der Waals surface area contributed by atoms with Crippen LogP contribution in [0.5, 0.6) is 0 Å². The van der Waals surface area contributed by atoms with Gasteiger partial charge in [-0.15, -0.1) is 0 Å². The van der Waals surface area contributed by atoms with Crippen molar-refractivity contribution in [1.82, 2.24) is 0 Å². The molecule has 0 radical (unpaired) electrons. The molecule has 0 aliphatic rings. The minimum atomic E-state index is 0.935. The summed E-state index contributed by atoms with van der Waals surface area (Å²) in [6.07, 6.45) is 22.2. The SMILES string of the molecule is CC.CCC(C)CC.CCC(C)CC.CCCCC(C)CCCC.CCCCC(C)CCCC. The van der Waals surface area contributed by atoms with E-state index in [1.165, 1.54) is 103 Å². The number of unbranched alkanes of at least 4 members (excludes halogenated alkanes) is 4. The molecule has 0 spiro atoms. The van der Waals surface area contributed by atoms with Crippen molar-refractivity contribution in [1.29, 1.82) is 0 Å². The van der Waals surface area contributed by atoms with E-state index in [2.05, 4.69) is 83.1 Å². The average molecular weight is 487 g/mol. The van der Waals surface area contributed by atoms with E-state index in [4.69, 9.17) is 0 Å². The van der Waals surface area contributed by atoms with Gasteiger partial charge >= 0.3 is 0 Å². The van der Waals surface area contributed by atoms with Gasteiger partial charge in [-0.2, -0.15) is 0 Å². The first-order chi connectivity index (χ1) is 16.2. The molecule has 0 rings (SSSR count). The van der Waals surface area contributed by atoms with Crippen LogP contribution in [-0.2, 0) is 0 Å². The predicted molar refractivity (Wildman–Crippen MR) is 167 cm³/mol. The van der Waals surface area contributed by atoms with E-state index in [0.717, 1.165) is 23.7 Å². The van der Waals surface area contributed by atoms with Crippen LogP contribution in [0.15, 0.2) is 0 Å². The highest BCUT2D eigenvalue weighted by atomic mass is 14.1. The van der Waals surface area contributed by atoms with Crippen LogP contribution in [-0.4, -0.2) is 0 Å². The van der Waals surface area contributed by atoms with Crippen LogP contribution in [0.3, 0.4) is 0 Å². The first kappa shape index (κ1) is 44.0. The molecule has 0 saturated carbocycles. The third kappa shape index (κ3) is 53.4. The standard InChI is InChI=1S/2C10H22.2C6H14.C2H6/c2*1-4-6-8-10(3)9-7-5-2;2*1-4-6(3)5-2;1-2/h2*10H,4-9H2,1-3H3;2*6H,4-5H2,1-3H3;1-2H3. The lowest BCUT2D eigenvalue weighted by Gasteiger charge is -2.08. The predicted octanol–water partition coefficient (Wildman–Crippen LogP) is 13.9. The quantitative estimate of drug-likeness (QED) is 0.203. The zero-order valence-electron chi connectivity index (χ0n) is 27.6. The van der Waals surface area contributed by atoms with Gasteiger partial charge in [-0.25, -0.2) is 0 Å². The molecule has 0 unspecified atom stereocenters. The molecule has 0 aromatic carbocycles. The second-order valence-corrected chi connectivity index (χ2v) is 10.6. The van der Waals surface area contributed by atoms with E-state index >= 15 is 0 Å². The van der Waals surface area contributed by atoms with Gasteiger partial charge in [-0.1, -0.05) is 200 Å². The topological polar surface area (TPSA) is 0 Å². The van der Waals surface area contributed by atoms with Crippen molar-refractivity contribution in [2.75, 3.05) is 0 Å². The van der Waals surface area contributed by atoms with Gasteiger partial charge in [0.25, 0.3) is 0 Å². The lowest BCUT2D eigenvalue weighted by Crippen LogP contribution is -1.93. The molecule has 0 saturated heterocycles. The summed E-state index contributed by atoms with van der Waals surface area (Å²) < 4.78 is 0. The molecular formula is C34H78. The van der Waals surface area contributed by atoms with Crippen LogP contribution in [0.25, 0.3) is 0 Å². The lowest BCUT2D eigenvalue weighted by molar-refractivity contribution is 0.454. The molecule has 0 nitrogen and oxygen atoms in total. The Balaban J connectivity index is -0.000000110. The molecule has 0 aromatic heterocycles. The summed E-state index contributed by atoms with van der Waals surface area (Å²) in [5.74, 6) is 3.81. The highest BCUT2D eigenvalue weighted by Gasteiger charge is 1.99. The van der Waals surface area contributed by atoms with Crippen LogP contribution >= 0.6 is 0 Å². The zero-order valence-corrected chi connectivity index (χ0v) is 27.6. The number of hydrogen-bond donors (Lipinski definition) is 0. The molecule has 0 aromatic rings. The van der Waals surface area contributed by atoms with Gasteiger partial charge < -0.3 is 0 Å². The minimum Gasteiger partial charge on any atom is -0.0683 e. The van der Waals surface area contributed by atoms with Crippen molar-refractivity contribution < 1.29 is 0 Å². The first-order valence-electron chi connectivity index (χ1n) is 16.2. The Morgan fingerprint density at radius 1 is 0.324 bits per heavy atom. The van der Waals surface area contributed by atoms with Gasteiger partial charge in [0.1, 0.15) is 0 Å². The maximum Gasteiger partial charge on any atom is -0.0443 e. The van der Waals surface area contributed by atoms with Crippen LogP contribution < -0.4 is 0 Å². The van der Waals surface area contributed by atoms with Crippen LogP contribution in [0.2, 0.25) is 0 Å². The maximum absolute atomic E-state index is 2.38. The molecule has 0 amide bonds.